The maximum Gasteiger partial charge on any atom is 0.260 e. The maximum absolute atomic E-state index is 12.8. The van der Waals surface area contributed by atoms with Crippen LogP contribution in [-0.2, 0) is 4.79 Å². The third-order valence-corrected chi connectivity index (χ3v) is 4.47. The zero-order valence-corrected chi connectivity index (χ0v) is 11.9. The molecule has 3 rings (SSSR count). The zero-order valence-electron chi connectivity index (χ0n) is 11.9. The Morgan fingerprint density at radius 3 is 2.76 bits per heavy atom. The third kappa shape index (κ3) is 3.35. The normalized spacial score (nSPS) is 23.7. The molecule has 1 N–H and O–H groups in total. The Bertz CT molecular complexity index is 513. The topological polar surface area (TPSA) is 49.8 Å². The van der Waals surface area contributed by atoms with E-state index >= 15 is 0 Å². The zero-order chi connectivity index (χ0) is 14.9. The number of amides is 1. The summed E-state index contributed by atoms with van der Waals surface area (Å²) in [6.45, 7) is 1.29. The Morgan fingerprint density at radius 2 is 2.10 bits per heavy atom. The molecular formula is C16H20FNO3. The van der Waals surface area contributed by atoms with Crippen molar-refractivity contribution in [1.29, 1.82) is 0 Å². The van der Waals surface area contributed by atoms with Crippen LogP contribution in [0, 0.1) is 11.7 Å². The second-order valence-corrected chi connectivity index (χ2v) is 6.03. The van der Waals surface area contributed by atoms with Crippen molar-refractivity contribution in [2.24, 2.45) is 5.92 Å². The number of halogens is 1. The van der Waals surface area contributed by atoms with E-state index in [2.05, 4.69) is 0 Å². The van der Waals surface area contributed by atoms with Crippen LogP contribution in [0.5, 0.6) is 5.75 Å². The van der Waals surface area contributed by atoms with E-state index in [4.69, 9.17) is 4.74 Å². The van der Waals surface area contributed by atoms with Crippen molar-refractivity contribution in [2.45, 2.75) is 31.3 Å². The van der Waals surface area contributed by atoms with Crippen molar-refractivity contribution in [2.75, 3.05) is 19.7 Å². The van der Waals surface area contributed by atoms with Gasteiger partial charge in [0.05, 0.1) is 5.60 Å². The minimum Gasteiger partial charge on any atom is -0.484 e. The molecule has 1 aliphatic carbocycles. The predicted octanol–water partition coefficient (Wildman–Crippen LogP) is 1.97. The highest BCUT2D eigenvalue weighted by atomic mass is 19.1. The van der Waals surface area contributed by atoms with Gasteiger partial charge in [0.15, 0.2) is 6.61 Å². The van der Waals surface area contributed by atoms with Gasteiger partial charge < -0.3 is 14.7 Å². The van der Waals surface area contributed by atoms with Gasteiger partial charge in [-0.3, -0.25) is 4.79 Å². The number of carbonyl (C=O) groups excluding carboxylic acids is 1. The van der Waals surface area contributed by atoms with Gasteiger partial charge in [-0.25, -0.2) is 4.39 Å². The van der Waals surface area contributed by atoms with Gasteiger partial charge in [-0.05, 0) is 49.9 Å². The van der Waals surface area contributed by atoms with Crippen LogP contribution in [0.3, 0.4) is 0 Å². The quantitative estimate of drug-likeness (QED) is 0.923. The molecular weight excluding hydrogens is 273 g/mol. The fraction of sp³-hybridized carbons (Fsp3) is 0.562. The second kappa shape index (κ2) is 5.64. The Kier molecular flexibility index (Phi) is 3.85. The fourth-order valence-corrected chi connectivity index (χ4v) is 2.95. The molecule has 2 aliphatic rings. The molecule has 1 aromatic rings. The van der Waals surface area contributed by atoms with E-state index in [0.29, 0.717) is 12.3 Å². The average Bonchev–Trinajstić information content (AvgIpc) is 3.26. The lowest BCUT2D eigenvalue weighted by Crippen LogP contribution is -2.45. The summed E-state index contributed by atoms with van der Waals surface area (Å²) in [4.78, 5) is 13.9. The number of hydrogen-bond donors (Lipinski definition) is 1. The number of ether oxygens (including phenoxy) is 1. The summed E-state index contributed by atoms with van der Waals surface area (Å²) < 4.78 is 18.2. The molecule has 5 heteroatoms. The molecule has 1 unspecified atom stereocenters. The van der Waals surface area contributed by atoms with E-state index in [0.717, 1.165) is 32.2 Å². The molecule has 1 heterocycles. The summed E-state index contributed by atoms with van der Waals surface area (Å²) in [7, 11) is 0. The maximum atomic E-state index is 12.8. The van der Waals surface area contributed by atoms with Gasteiger partial charge in [-0.15, -0.1) is 0 Å². The van der Waals surface area contributed by atoms with E-state index in [-0.39, 0.29) is 24.2 Å². The molecule has 1 saturated heterocycles. The van der Waals surface area contributed by atoms with Crippen molar-refractivity contribution >= 4 is 5.91 Å². The van der Waals surface area contributed by atoms with Gasteiger partial charge >= 0.3 is 0 Å². The first-order valence-corrected chi connectivity index (χ1v) is 7.45. The Balaban J connectivity index is 1.51. The van der Waals surface area contributed by atoms with Gasteiger partial charge in [0, 0.05) is 19.0 Å². The summed E-state index contributed by atoms with van der Waals surface area (Å²) in [5, 5.41) is 10.2. The van der Waals surface area contributed by atoms with Gasteiger partial charge in [0.25, 0.3) is 5.91 Å². The van der Waals surface area contributed by atoms with Crippen LogP contribution in [0.2, 0.25) is 0 Å². The molecule has 1 saturated carbocycles. The number of likely N-dealkylation sites (tertiary alicyclic amines) is 1. The molecule has 0 bridgehead atoms. The SMILES string of the molecule is O=C(COc1ccc(F)cc1)N1CCCC(C2(O)CC2)C1. The molecule has 2 fully saturated rings. The molecule has 0 spiro atoms. The number of carbonyl (C=O) groups is 1. The Labute approximate surface area is 123 Å². The lowest BCUT2D eigenvalue weighted by atomic mass is 9.90. The molecule has 4 nitrogen and oxygen atoms in total. The number of benzene rings is 1. The number of piperidine rings is 1. The van der Waals surface area contributed by atoms with Crippen molar-refractivity contribution in [3.8, 4) is 5.75 Å². The number of aliphatic hydroxyl groups is 1. The standard InChI is InChI=1S/C16H20FNO3/c17-13-3-5-14(6-4-13)21-11-15(19)18-9-1-2-12(10-18)16(20)7-8-16/h3-6,12,20H,1-2,7-11H2. The van der Waals surface area contributed by atoms with Crippen molar-refractivity contribution < 1.29 is 19.0 Å². The second-order valence-electron chi connectivity index (χ2n) is 6.03. The Morgan fingerprint density at radius 1 is 1.38 bits per heavy atom. The summed E-state index contributed by atoms with van der Waals surface area (Å²) in [6, 6.07) is 5.63. The first kappa shape index (κ1) is 14.3. The molecule has 1 aromatic carbocycles. The number of hydrogen-bond acceptors (Lipinski definition) is 3. The minimum atomic E-state index is -0.531. The molecule has 0 aromatic heterocycles. The van der Waals surface area contributed by atoms with Gasteiger partial charge in [0.2, 0.25) is 0 Å². The highest BCUT2D eigenvalue weighted by Gasteiger charge is 2.48. The minimum absolute atomic E-state index is 0.0449. The van der Waals surface area contributed by atoms with Crippen LogP contribution in [0.25, 0.3) is 0 Å². The highest BCUT2D eigenvalue weighted by Crippen LogP contribution is 2.45. The lowest BCUT2D eigenvalue weighted by molar-refractivity contribution is -0.136. The highest BCUT2D eigenvalue weighted by molar-refractivity contribution is 5.77. The summed E-state index contributed by atoms with van der Waals surface area (Å²) in [6.07, 6.45) is 3.62. The van der Waals surface area contributed by atoms with E-state index in [1.165, 1.54) is 24.3 Å². The molecule has 0 radical (unpaired) electrons. The third-order valence-electron chi connectivity index (χ3n) is 4.47. The predicted molar refractivity (Wildman–Crippen MR) is 75.4 cm³/mol. The summed E-state index contributed by atoms with van der Waals surface area (Å²) >= 11 is 0. The number of nitrogens with zero attached hydrogens (tertiary/aromatic N) is 1. The smallest absolute Gasteiger partial charge is 0.260 e. The van der Waals surface area contributed by atoms with E-state index < -0.39 is 5.60 Å². The molecule has 114 valence electrons. The fourth-order valence-electron chi connectivity index (χ4n) is 2.95. The molecule has 1 atom stereocenters. The lowest BCUT2D eigenvalue weighted by Gasteiger charge is -2.35. The van der Waals surface area contributed by atoms with Crippen LogP contribution in [0.1, 0.15) is 25.7 Å². The monoisotopic (exact) mass is 293 g/mol. The first-order valence-electron chi connectivity index (χ1n) is 7.45. The first-order chi connectivity index (χ1) is 10.1. The van der Waals surface area contributed by atoms with Crippen LogP contribution in [0.15, 0.2) is 24.3 Å². The number of rotatable bonds is 4. The Hall–Kier alpha value is -1.62. The van der Waals surface area contributed by atoms with Crippen molar-refractivity contribution in [3.05, 3.63) is 30.1 Å². The van der Waals surface area contributed by atoms with Crippen LogP contribution in [-0.4, -0.2) is 41.2 Å². The van der Waals surface area contributed by atoms with Gasteiger partial charge in [0.1, 0.15) is 11.6 Å². The average molecular weight is 293 g/mol. The van der Waals surface area contributed by atoms with E-state index in [9.17, 15) is 14.3 Å². The summed E-state index contributed by atoms with van der Waals surface area (Å²) in [5.41, 5.74) is -0.531. The molecule has 1 amide bonds. The van der Waals surface area contributed by atoms with Crippen LogP contribution >= 0.6 is 0 Å². The van der Waals surface area contributed by atoms with E-state index in [1.807, 2.05) is 0 Å². The van der Waals surface area contributed by atoms with Crippen LogP contribution in [0.4, 0.5) is 4.39 Å². The van der Waals surface area contributed by atoms with Crippen LogP contribution < -0.4 is 4.74 Å². The van der Waals surface area contributed by atoms with Gasteiger partial charge in [-0.2, -0.15) is 0 Å². The van der Waals surface area contributed by atoms with Gasteiger partial charge in [-0.1, -0.05) is 0 Å². The van der Waals surface area contributed by atoms with Crippen molar-refractivity contribution in [1.82, 2.24) is 4.90 Å². The van der Waals surface area contributed by atoms with Crippen molar-refractivity contribution in [3.63, 3.8) is 0 Å². The van der Waals surface area contributed by atoms with E-state index in [1.54, 1.807) is 4.90 Å². The summed E-state index contributed by atoms with van der Waals surface area (Å²) in [5.74, 6) is 0.277. The molecule has 21 heavy (non-hydrogen) atoms. The molecule has 1 aliphatic heterocycles. The largest absolute Gasteiger partial charge is 0.484 e.